The van der Waals surface area contributed by atoms with E-state index in [1.807, 2.05) is 0 Å². The molecule has 2 amide bonds. The molecule has 0 saturated carbocycles. The molecule has 144 valence electrons. The van der Waals surface area contributed by atoms with Crippen molar-refractivity contribution in [3.05, 3.63) is 78.3 Å². The van der Waals surface area contributed by atoms with Gasteiger partial charge in [0.05, 0.1) is 0 Å². The fraction of sp³-hybridized carbons (Fsp3) is 0.0526. The molecule has 1 aromatic heterocycles. The molecule has 0 aliphatic carbocycles. The highest BCUT2D eigenvalue weighted by Crippen LogP contribution is 2.22. The Labute approximate surface area is 159 Å². The van der Waals surface area contributed by atoms with Crippen molar-refractivity contribution in [2.75, 3.05) is 0 Å². The van der Waals surface area contributed by atoms with Gasteiger partial charge in [-0.1, -0.05) is 30.8 Å². The van der Waals surface area contributed by atoms with Crippen molar-refractivity contribution in [2.24, 2.45) is 0 Å². The Kier molecular flexibility index (Phi) is 5.27. The van der Waals surface area contributed by atoms with Crippen LogP contribution in [0.4, 0.5) is 4.39 Å². The van der Waals surface area contributed by atoms with Crippen LogP contribution in [-0.4, -0.2) is 20.2 Å². The third kappa shape index (κ3) is 4.09. The van der Waals surface area contributed by atoms with Crippen LogP contribution in [0.2, 0.25) is 0 Å². The number of benzene rings is 2. The van der Waals surface area contributed by atoms with Crippen LogP contribution in [0.5, 0.6) is 0 Å². The monoisotopic (exact) mass is 402 g/mol. The van der Waals surface area contributed by atoms with Crippen LogP contribution in [-0.2, 0) is 21.4 Å². The number of halogens is 1. The summed E-state index contributed by atoms with van der Waals surface area (Å²) in [7, 11) is -4.40. The molecule has 0 radical (unpaired) electrons. The van der Waals surface area contributed by atoms with Crippen molar-refractivity contribution in [1.82, 2.24) is 10.0 Å². The van der Waals surface area contributed by atoms with Gasteiger partial charge in [0.1, 0.15) is 16.3 Å². The molecule has 7 nitrogen and oxygen atoms in total. The molecule has 0 atom stereocenters. The number of furan rings is 1. The summed E-state index contributed by atoms with van der Waals surface area (Å²) in [5, 5.41) is 3.17. The summed E-state index contributed by atoms with van der Waals surface area (Å²) < 4.78 is 45.4. The molecule has 2 N–H and O–H groups in total. The van der Waals surface area contributed by atoms with Gasteiger partial charge in [0.25, 0.3) is 10.0 Å². The number of hydrogen-bond acceptors (Lipinski definition) is 5. The average molecular weight is 402 g/mol. The van der Waals surface area contributed by atoms with Crippen LogP contribution < -0.4 is 10.0 Å². The van der Waals surface area contributed by atoms with Crippen LogP contribution in [0.1, 0.15) is 16.1 Å². The summed E-state index contributed by atoms with van der Waals surface area (Å²) in [4.78, 5) is 22.9. The van der Waals surface area contributed by atoms with E-state index in [1.54, 1.807) is 22.9 Å². The van der Waals surface area contributed by atoms with Crippen LogP contribution in [0, 0.1) is 5.82 Å². The quantitative estimate of drug-likeness (QED) is 0.617. The Balaban J connectivity index is 1.81. The van der Waals surface area contributed by atoms with Gasteiger partial charge in [-0.3, -0.25) is 9.59 Å². The lowest BCUT2D eigenvalue weighted by atomic mass is 10.1. The number of nitrogens with one attached hydrogen (secondary N) is 2. The maximum absolute atomic E-state index is 13.7. The minimum absolute atomic E-state index is 0.227. The highest BCUT2D eigenvalue weighted by molar-refractivity contribution is 7.90. The van der Waals surface area contributed by atoms with Gasteiger partial charge >= 0.3 is 5.91 Å². The smallest absolute Gasteiger partial charge is 0.300 e. The molecule has 0 bridgehead atoms. The molecule has 2 aromatic carbocycles. The lowest BCUT2D eigenvalue weighted by Gasteiger charge is -2.06. The molecule has 3 rings (SSSR count). The first kappa shape index (κ1) is 19.3. The molecule has 0 aliphatic heterocycles. The first-order chi connectivity index (χ1) is 13.3. The third-order valence-electron chi connectivity index (χ3n) is 3.81. The van der Waals surface area contributed by atoms with Crippen LogP contribution in [0.25, 0.3) is 11.0 Å². The number of amides is 2. The van der Waals surface area contributed by atoms with Gasteiger partial charge in [-0.2, -0.15) is 0 Å². The normalized spacial score (nSPS) is 11.2. The van der Waals surface area contributed by atoms with Gasteiger partial charge < -0.3 is 9.73 Å². The van der Waals surface area contributed by atoms with Gasteiger partial charge in [-0.15, -0.1) is 0 Å². The number of sulfonamides is 1. The number of hydrogen-bond donors (Lipinski definition) is 2. The fourth-order valence-electron chi connectivity index (χ4n) is 2.45. The van der Waals surface area contributed by atoms with Crippen molar-refractivity contribution in [3.8, 4) is 0 Å². The molecular formula is C19H15FN2O5S. The minimum Gasteiger partial charge on any atom is -0.451 e. The van der Waals surface area contributed by atoms with Gasteiger partial charge in [0, 0.05) is 11.9 Å². The zero-order valence-electron chi connectivity index (χ0n) is 14.4. The summed E-state index contributed by atoms with van der Waals surface area (Å²) >= 11 is 0. The summed E-state index contributed by atoms with van der Waals surface area (Å²) in [5.74, 6) is -2.58. The van der Waals surface area contributed by atoms with E-state index in [0.29, 0.717) is 16.5 Å². The summed E-state index contributed by atoms with van der Waals surface area (Å²) in [6, 6.07) is 11.1. The van der Waals surface area contributed by atoms with Crippen molar-refractivity contribution in [1.29, 1.82) is 0 Å². The van der Waals surface area contributed by atoms with E-state index in [4.69, 9.17) is 4.42 Å². The molecule has 1 heterocycles. The van der Waals surface area contributed by atoms with Gasteiger partial charge in [-0.05, 0) is 35.9 Å². The lowest BCUT2D eigenvalue weighted by molar-refractivity contribution is -0.116. The van der Waals surface area contributed by atoms with E-state index in [2.05, 4.69) is 11.9 Å². The number of fused-ring (bicyclic) bond motifs is 1. The van der Waals surface area contributed by atoms with Crippen LogP contribution >= 0.6 is 0 Å². The first-order valence-electron chi connectivity index (χ1n) is 8.04. The number of rotatable bonds is 6. The number of carbonyl (C=O) groups excluding carboxylic acids is 2. The topological polar surface area (TPSA) is 105 Å². The van der Waals surface area contributed by atoms with Crippen molar-refractivity contribution in [3.63, 3.8) is 0 Å². The zero-order chi connectivity index (χ0) is 20.3. The molecule has 28 heavy (non-hydrogen) atoms. The SMILES string of the molecule is C=CC(=O)NCc1ccc2cc(C(=O)NS(=O)(=O)c3ccccc3F)oc2c1. The molecule has 9 heteroatoms. The Hall–Kier alpha value is -3.46. The average Bonchev–Trinajstić information content (AvgIpc) is 3.09. The minimum atomic E-state index is -4.40. The second-order valence-corrected chi connectivity index (χ2v) is 7.42. The molecule has 0 aliphatic rings. The van der Waals surface area contributed by atoms with Gasteiger partial charge in [0.15, 0.2) is 5.76 Å². The van der Waals surface area contributed by atoms with E-state index in [9.17, 15) is 22.4 Å². The van der Waals surface area contributed by atoms with E-state index >= 15 is 0 Å². The molecule has 0 fully saturated rings. The Morgan fingerprint density at radius 1 is 1.14 bits per heavy atom. The summed E-state index contributed by atoms with van der Waals surface area (Å²) in [6.07, 6.45) is 1.14. The molecular weight excluding hydrogens is 387 g/mol. The summed E-state index contributed by atoms with van der Waals surface area (Å²) in [5.41, 5.74) is 1.04. The summed E-state index contributed by atoms with van der Waals surface area (Å²) in [6.45, 7) is 3.58. The Morgan fingerprint density at radius 2 is 1.89 bits per heavy atom. The predicted molar refractivity (Wildman–Crippen MR) is 99.3 cm³/mol. The van der Waals surface area contributed by atoms with Crippen molar-refractivity contribution in [2.45, 2.75) is 11.4 Å². The highest BCUT2D eigenvalue weighted by atomic mass is 32.2. The number of carbonyl (C=O) groups is 2. The molecule has 0 unspecified atom stereocenters. The van der Waals surface area contributed by atoms with E-state index in [0.717, 1.165) is 18.2 Å². The lowest BCUT2D eigenvalue weighted by Crippen LogP contribution is -2.30. The maximum atomic E-state index is 13.7. The van der Waals surface area contributed by atoms with Crippen molar-refractivity contribution < 1.29 is 26.8 Å². The fourth-order valence-corrected chi connectivity index (χ4v) is 3.49. The van der Waals surface area contributed by atoms with Crippen LogP contribution in [0.15, 0.2) is 70.5 Å². The standard InChI is InChI=1S/C19H15FN2O5S/c1-2-18(23)21-11-12-7-8-13-10-16(27-15(13)9-12)19(24)22-28(25,26)17-6-4-3-5-14(17)20/h2-10H,1,11H2,(H,21,23)(H,22,24). The largest absolute Gasteiger partial charge is 0.451 e. The van der Waals surface area contributed by atoms with E-state index in [1.165, 1.54) is 18.2 Å². The highest BCUT2D eigenvalue weighted by Gasteiger charge is 2.24. The molecule has 0 spiro atoms. The Morgan fingerprint density at radius 3 is 2.61 bits per heavy atom. The van der Waals surface area contributed by atoms with Gasteiger partial charge in [0.2, 0.25) is 5.91 Å². The molecule has 3 aromatic rings. The molecule has 0 saturated heterocycles. The van der Waals surface area contributed by atoms with Crippen LogP contribution in [0.3, 0.4) is 0 Å². The third-order valence-corrected chi connectivity index (χ3v) is 5.18. The maximum Gasteiger partial charge on any atom is 0.300 e. The first-order valence-corrected chi connectivity index (χ1v) is 9.53. The second-order valence-electron chi connectivity index (χ2n) is 5.77. The van der Waals surface area contributed by atoms with E-state index < -0.39 is 26.6 Å². The van der Waals surface area contributed by atoms with Gasteiger partial charge in [-0.25, -0.2) is 17.5 Å². The second kappa shape index (κ2) is 7.65. The zero-order valence-corrected chi connectivity index (χ0v) is 15.3. The predicted octanol–water partition coefficient (Wildman–Crippen LogP) is 2.49. The Bertz CT molecular complexity index is 1180. The van der Waals surface area contributed by atoms with E-state index in [-0.39, 0.29) is 18.2 Å². The van der Waals surface area contributed by atoms with Crippen molar-refractivity contribution >= 4 is 32.8 Å².